The average molecular weight is 441 g/mol. The highest BCUT2D eigenvalue weighted by atomic mass is 28.4. The van der Waals surface area contributed by atoms with Gasteiger partial charge in [0.25, 0.3) is 0 Å². The van der Waals surface area contributed by atoms with Gasteiger partial charge in [0.2, 0.25) is 0 Å². The Morgan fingerprint density at radius 3 is 2.20 bits per heavy atom. The molecule has 0 bridgehead atoms. The first-order valence-electron chi connectivity index (χ1n) is 10.5. The van der Waals surface area contributed by atoms with Crippen molar-refractivity contribution in [2.24, 2.45) is 0 Å². The van der Waals surface area contributed by atoms with Gasteiger partial charge in [-0.1, -0.05) is 82.7 Å². The van der Waals surface area contributed by atoms with E-state index in [4.69, 9.17) is 4.43 Å². The Balaban J connectivity index is 3.40. The Morgan fingerprint density at radius 1 is 1.10 bits per heavy atom. The maximum Gasteiger partial charge on any atom is 0.415 e. The minimum absolute atomic E-state index is 0.228. The zero-order valence-electron chi connectivity index (χ0n) is 19.0. The third-order valence-electron chi connectivity index (χ3n) is 5.57. The molecule has 0 heterocycles. The molecule has 0 aliphatic rings. The molecule has 6 heteroatoms. The number of aliphatic hydroxyl groups is 1. The number of rotatable bonds is 8. The fraction of sp³-hybridized carbons (Fsp3) is 0.583. The molecule has 0 saturated heterocycles. The largest absolute Gasteiger partial charge is 0.415 e. The molecule has 1 aromatic carbocycles. The maximum atomic E-state index is 14.0. The fourth-order valence-corrected chi connectivity index (χ4v) is 3.45. The van der Waals surface area contributed by atoms with Gasteiger partial charge in [0.05, 0.1) is 12.2 Å². The van der Waals surface area contributed by atoms with Crippen LogP contribution in [0.1, 0.15) is 65.0 Å². The molecule has 0 radical (unpaired) electrons. The molecule has 0 aromatic heterocycles. The minimum Gasteiger partial charge on any atom is -0.413 e. The normalized spacial score (nSPS) is 14.6. The number of aliphatic hydroxyl groups excluding tert-OH is 1. The van der Waals surface area contributed by atoms with Crippen LogP contribution in [0.4, 0.5) is 13.2 Å². The summed E-state index contributed by atoms with van der Waals surface area (Å²) in [5.41, 5.74) is -0.833. The fourth-order valence-electron chi connectivity index (χ4n) is 2.51. The van der Waals surface area contributed by atoms with Gasteiger partial charge in [-0.3, -0.25) is 0 Å². The molecular weight excluding hydrogens is 405 g/mol. The van der Waals surface area contributed by atoms with Crippen molar-refractivity contribution in [2.75, 3.05) is 6.61 Å². The zero-order chi connectivity index (χ0) is 23.0. The van der Waals surface area contributed by atoms with Gasteiger partial charge in [-0.05, 0) is 30.1 Å². The minimum atomic E-state index is -4.65. The van der Waals surface area contributed by atoms with Crippen molar-refractivity contribution < 1.29 is 22.7 Å². The zero-order valence-corrected chi connectivity index (χ0v) is 20.0. The molecule has 1 atom stereocenters. The first kappa shape index (κ1) is 26.5. The smallest absolute Gasteiger partial charge is 0.413 e. The molecule has 30 heavy (non-hydrogen) atoms. The monoisotopic (exact) mass is 440 g/mol. The van der Waals surface area contributed by atoms with Crippen molar-refractivity contribution in [3.63, 3.8) is 0 Å². The number of hydrogen-bond acceptors (Lipinski definition) is 2. The molecule has 1 rings (SSSR count). The van der Waals surface area contributed by atoms with Crippen molar-refractivity contribution in [1.82, 2.24) is 0 Å². The average Bonchev–Trinajstić information content (AvgIpc) is 2.64. The molecule has 0 fully saturated rings. The molecule has 0 amide bonds. The number of benzene rings is 1. The van der Waals surface area contributed by atoms with Crippen molar-refractivity contribution in [2.45, 2.75) is 83.8 Å². The molecule has 1 aromatic rings. The Hall–Kier alpha value is -1.55. The van der Waals surface area contributed by atoms with E-state index in [9.17, 15) is 18.3 Å². The van der Waals surface area contributed by atoms with Crippen LogP contribution < -0.4 is 0 Å². The second kappa shape index (κ2) is 11.2. The topological polar surface area (TPSA) is 29.5 Å². The molecular formula is C24H35F3O2Si. The van der Waals surface area contributed by atoms with E-state index < -0.39 is 32.8 Å². The Labute approximate surface area is 180 Å². The molecule has 0 aliphatic heterocycles. The van der Waals surface area contributed by atoms with E-state index in [1.54, 1.807) is 30.3 Å². The van der Waals surface area contributed by atoms with E-state index in [0.717, 1.165) is 19.3 Å². The second-order valence-corrected chi connectivity index (χ2v) is 13.8. The summed E-state index contributed by atoms with van der Waals surface area (Å²) in [6.45, 7) is 11.2. The van der Waals surface area contributed by atoms with Gasteiger partial charge in [0, 0.05) is 12.0 Å². The molecule has 1 unspecified atom stereocenters. The summed E-state index contributed by atoms with van der Waals surface area (Å²) < 4.78 is 48.0. The summed E-state index contributed by atoms with van der Waals surface area (Å²) in [7, 11) is -2.42. The van der Waals surface area contributed by atoms with Gasteiger partial charge in [-0.25, -0.2) is 0 Å². The molecule has 168 valence electrons. The van der Waals surface area contributed by atoms with Crippen molar-refractivity contribution in [3.05, 3.63) is 47.0 Å². The van der Waals surface area contributed by atoms with Gasteiger partial charge in [-0.15, -0.1) is 0 Å². The maximum absolute atomic E-state index is 14.0. The molecule has 2 nitrogen and oxygen atoms in total. The lowest BCUT2D eigenvalue weighted by Crippen LogP contribution is -2.42. The SMILES string of the molecule is CCCCCC#C/C(=C(/CO[Si](C)(C)C(C)(C)C)C(F)(F)F)C(O)c1ccccc1. The summed E-state index contributed by atoms with van der Waals surface area (Å²) in [6.07, 6.45) is -2.82. The van der Waals surface area contributed by atoms with Crippen LogP contribution in [0.15, 0.2) is 41.5 Å². The summed E-state index contributed by atoms with van der Waals surface area (Å²) in [5.74, 6) is 5.49. The van der Waals surface area contributed by atoms with Crippen molar-refractivity contribution in [1.29, 1.82) is 0 Å². The number of hydrogen-bond donors (Lipinski definition) is 1. The van der Waals surface area contributed by atoms with Crippen LogP contribution in [0.3, 0.4) is 0 Å². The Kier molecular flexibility index (Phi) is 9.86. The summed E-state index contributed by atoms with van der Waals surface area (Å²) in [4.78, 5) is 0. The van der Waals surface area contributed by atoms with E-state index in [1.807, 2.05) is 33.9 Å². The predicted octanol–water partition coefficient (Wildman–Crippen LogP) is 7.18. The van der Waals surface area contributed by atoms with Gasteiger partial charge in [0.1, 0.15) is 6.10 Å². The highest BCUT2D eigenvalue weighted by Crippen LogP contribution is 2.39. The number of halogens is 3. The quantitative estimate of drug-likeness (QED) is 0.263. The van der Waals surface area contributed by atoms with E-state index in [2.05, 4.69) is 18.8 Å². The Bertz CT molecular complexity index is 751. The second-order valence-electron chi connectivity index (χ2n) is 9.01. The first-order valence-corrected chi connectivity index (χ1v) is 13.4. The van der Waals surface area contributed by atoms with Gasteiger partial charge >= 0.3 is 6.18 Å². The third-order valence-corrected chi connectivity index (χ3v) is 10.0. The lowest BCUT2D eigenvalue weighted by molar-refractivity contribution is -0.0986. The number of alkyl halides is 3. The first-order chi connectivity index (χ1) is 13.8. The van der Waals surface area contributed by atoms with Crippen molar-refractivity contribution >= 4 is 8.32 Å². The van der Waals surface area contributed by atoms with Gasteiger partial charge in [0.15, 0.2) is 8.32 Å². The number of unbranched alkanes of at least 4 members (excludes halogenated alkanes) is 3. The lowest BCUT2D eigenvalue weighted by atomic mass is 9.96. The standard InChI is InChI=1S/C24H35F3O2Si/c1-7-8-9-10-14-17-20(22(28)19-15-12-11-13-16-19)21(24(25,26)27)18-29-30(5,6)23(2,3)4/h11-13,15-16,22,28H,7-10,18H2,1-6H3/b21-20+. The summed E-state index contributed by atoms with van der Waals surface area (Å²) in [6, 6.07) is 8.33. The lowest BCUT2D eigenvalue weighted by Gasteiger charge is -2.36. The van der Waals surface area contributed by atoms with Crippen molar-refractivity contribution in [3.8, 4) is 11.8 Å². The van der Waals surface area contributed by atoms with E-state index >= 15 is 0 Å². The Morgan fingerprint density at radius 2 is 1.70 bits per heavy atom. The van der Waals surface area contributed by atoms with Crippen LogP contribution in [-0.2, 0) is 4.43 Å². The van der Waals surface area contributed by atoms with Gasteiger partial charge < -0.3 is 9.53 Å². The van der Waals surface area contributed by atoms with E-state index in [-0.39, 0.29) is 10.6 Å². The van der Waals surface area contributed by atoms with E-state index in [0.29, 0.717) is 12.0 Å². The summed E-state index contributed by atoms with van der Waals surface area (Å²) >= 11 is 0. The molecule has 0 saturated carbocycles. The summed E-state index contributed by atoms with van der Waals surface area (Å²) in [5, 5.41) is 10.6. The van der Waals surface area contributed by atoms with Gasteiger partial charge in [-0.2, -0.15) is 13.2 Å². The predicted molar refractivity (Wildman–Crippen MR) is 120 cm³/mol. The van der Waals surface area contributed by atoms with Crippen LogP contribution in [0.5, 0.6) is 0 Å². The van der Waals surface area contributed by atoms with Crippen LogP contribution in [-0.4, -0.2) is 26.2 Å². The van der Waals surface area contributed by atoms with E-state index in [1.165, 1.54) is 0 Å². The highest BCUT2D eigenvalue weighted by Gasteiger charge is 2.42. The molecule has 0 spiro atoms. The molecule has 0 aliphatic carbocycles. The van der Waals surface area contributed by atoms with Crippen LogP contribution >= 0.6 is 0 Å². The highest BCUT2D eigenvalue weighted by molar-refractivity contribution is 6.74. The third kappa shape index (κ3) is 7.94. The van der Waals surface area contributed by atoms with Crippen LogP contribution in [0.25, 0.3) is 0 Å². The molecule has 1 N–H and O–H groups in total. The van der Waals surface area contributed by atoms with Crippen LogP contribution in [0.2, 0.25) is 18.1 Å². The van der Waals surface area contributed by atoms with Crippen LogP contribution in [0, 0.1) is 11.8 Å².